The molecular weight excluding hydrogens is 278 g/mol. The van der Waals surface area contributed by atoms with Crippen LogP contribution >= 0.6 is 11.6 Å². The van der Waals surface area contributed by atoms with Crippen LogP contribution in [0, 0.1) is 6.92 Å². The lowest BCUT2D eigenvalue weighted by atomic mass is 10.2. The molecule has 5 nitrogen and oxygen atoms in total. The van der Waals surface area contributed by atoms with Crippen LogP contribution < -0.4 is 10.2 Å². The highest BCUT2D eigenvalue weighted by atomic mass is 35.5. The SMILES string of the molecule is Cc1cc(Cl)ccc1NC(=O)C[NH+](C)CC(=O)N(C)C. The van der Waals surface area contributed by atoms with Gasteiger partial charge in [-0.2, -0.15) is 0 Å². The fourth-order valence-electron chi connectivity index (χ4n) is 1.71. The first kappa shape index (κ1) is 16.5. The van der Waals surface area contributed by atoms with E-state index in [2.05, 4.69) is 5.32 Å². The molecule has 0 radical (unpaired) electrons. The minimum atomic E-state index is -0.125. The summed E-state index contributed by atoms with van der Waals surface area (Å²) < 4.78 is 0. The smallest absolute Gasteiger partial charge is 0.279 e. The minimum absolute atomic E-state index is 0.00188. The minimum Gasteiger partial charge on any atom is -0.344 e. The maximum Gasteiger partial charge on any atom is 0.279 e. The van der Waals surface area contributed by atoms with Gasteiger partial charge in [0.05, 0.1) is 7.05 Å². The summed E-state index contributed by atoms with van der Waals surface area (Å²) >= 11 is 5.87. The summed E-state index contributed by atoms with van der Waals surface area (Å²) in [6.07, 6.45) is 0. The third-order valence-corrected chi connectivity index (χ3v) is 3.11. The molecule has 2 amide bonds. The zero-order valence-electron chi connectivity index (χ0n) is 12.3. The molecule has 0 saturated heterocycles. The number of hydrogen-bond acceptors (Lipinski definition) is 2. The molecule has 1 aromatic carbocycles. The Morgan fingerprint density at radius 1 is 1.30 bits per heavy atom. The molecule has 0 aliphatic heterocycles. The van der Waals surface area contributed by atoms with Crippen molar-refractivity contribution >= 4 is 29.1 Å². The quantitative estimate of drug-likeness (QED) is 0.815. The zero-order valence-corrected chi connectivity index (χ0v) is 13.0. The molecule has 20 heavy (non-hydrogen) atoms. The number of nitrogens with one attached hydrogen (secondary N) is 2. The van der Waals surface area contributed by atoms with Crippen LogP contribution in [0.1, 0.15) is 5.56 Å². The number of aryl methyl sites for hydroxylation is 1. The molecule has 6 heteroatoms. The number of likely N-dealkylation sites (N-methyl/N-ethyl adjacent to an activating group) is 2. The number of amides is 2. The van der Waals surface area contributed by atoms with Crippen molar-refractivity contribution in [3.63, 3.8) is 0 Å². The van der Waals surface area contributed by atoms with Gasteiger partial charge < -0.3 is 15.1 Å². The van der Waals surface area contributed by atoms with E-state index in [1.807, 2.05) is 14.0 Å². The van der Waals surface area contributed by atoms with Crippen molar-refractivity contribution in [2.24, 2.45) is 0 Å². The first-order valence-corrected chi connectivity index (χ1v) is 6.75. The summed E-state index contributed by atoms with van der Waals surface area (Å²) in [4.78, 5) is 25.8. The van der Waals surface area contributed by atoms with Crippen molar-refractivity contribution in [1.29, 1.82) is 0 Å². The third-order valence-electron chi connectivity index (χ3n) is 2.88. The van der Waals surface area contributed by atoms with Crippen LogP contribution in [0.2, 0.25) is 5.02 Å². The molecule has 0 aliphatic carbocycles. The van der Waals surface area contributed by atoms with Crippen molar-refractivity contribution in [3.8, 4) is 0 Å². The first-order valence-electron chi connectivity index (χ1n) is 6.37. The second-order valence-electron chi connectivity index (χ2n) is 5.11. The third kappa shape index (κ3) is 5.19. The summed E-state index contributed by atoms with van der Waals surface area (Å²) in [7, 11) is 5.22. The van der Waals surface area contributed by atoms with E-state index in [9.17, 15) is 9.59 Å². The lowest BCUT2D eigenvalue weighted by Crippen LogP contribution is -3.11. The van der Waals surface area contributed by atoms with Crippen molar-refractivity contribution in [2.45, 2.75) is 6.92 Å². The maximum atomic E-state index is 11.9. The molecule has 110 valence electrons. The fourth-order valence-corrected chi connectivity index (χ4v) is 1.94. The molecule has 1 aromatic rings. The summed E-state index contributed by atoms with van der Waals surface area (Å²) in [5.41, 5.74) is 1.65. The number of halogens is 1. The van der Waals surface area contributed by atoms with Gasteiger partial charge in [0, 0.05) is 24.8 Å². The number of rotatable bonds is 5. The highest BCUT2D eigenvalue weighted by molar-refractivity contribution is 6.30. The standard InChI is InChI=1S/C14H20ClN3O2/c1-10-7-11(15)5-6-12(10)16-13(19)8-18(4)9-14(20)17(2)3/h5-7H,8-9H2,1-4H3,(H,16,19)/p+1. The van der Waals surface area contributed by atoms with E-state index in [1.54, 1.807) is 32.3 Å². The van der Waals surface area contributed by atoms with Crippen LogP contribution in [-0.2, 0) is 9.59 Å². The monoisotopic (exact) mass is 298 g/mol. The van der Waals surface area contributed by atoms with Crippen molar-refractivity contribution in [2.75, 3.05) is 39.5 Å². The second kappa shape index (κ2) is 7.26. The van der Waals surface area contributed by atoms with Gasteiger partial charge in [0.25, 0.3) is 11.8 Å². The van der Waals surface area contributed by atoms with E-state index in [1.165, 1.54) is 4.90 Å². The molecular formula is C14H21ClN3O2+. The van der Waals surface area contributed by atoms with Gasteiger partial charge in [0.1, 0.15) is 0 Å². The Labute approximate surface area is 124 Å². The highest BCUT2D eigenvalue weighted by Crippen LogP contribution is 2.19. The molecule has 0 heterocycles. The van der Waals surface area contributed by atoms with E-state index in [0.717, 1.165) is 16.2 Å². The topological polar surface area (TPSA) is 53.9 Å². The number of nitrogens with zero attached hydrogens (tertiary/aromatic N) is 1. The Kier molecular flexibility index (Phi) is 5.98. The largest absolute Gasteiger partial charge is 0.344 e. The summed E-state index contributed by atoms with van der Waals surface area (Å²) in [5.74, 6) is -0.127. The van der Waals surface area contributed by atoms with Crippen molar-refractivity contribution in [3.05, 3.63) is 28.8 Å². The van der Waals surface area contributed by atoms with E-state index >= 15 is 0 Å². The molecule has 0 aliphatic rings. The number of benzene rings is 1. The number of carbonyl (C=O) groups excluding carboxylic acids is 2. The number of carbonyl (C=O) groups is 2. The van der Waals surface area contributed by atoms with E-state index < -0.39 is 0 Å². The summed E-state index contributed by atoms with van der Waals surface area (Å²) in [6.45, 7) is 2.41. The highest BCUT2D eigenvalue weighted by Gasteiger charge is 2.15. The van der Waals surface area contributed by atoms with Gasteiger partial charge in [-0.3, -0.25) is 9.59 Å². The van der Waals surface area contributed by atoms with Crippen LogP contribution in [0.3, 0.4) is 0 Å². The van der Waals surface area contributed by atoms with E-state index in [0.29, 0.717) is 11.6 Å². The van der Waals surface area contributed by atoms with Crippen molar-refractivity contribution < 1.29 is 14.5 Å². The molecule has 2 N–H and O–H groups in total. The molecule has 0 aromatic heterocycles. The van der Waals surface area contributed by atoms with E-state index in [-0.39, 0.29) is 18.4 Å². The maximum absolute atomic E-state index is 11.9. The molecule has 0 saturated carbocycles. The van der Waals surface area contributed by atoms with E-state index in [4.69, 9.17) is 11.6 Å². The average Bonchev–Trinajstić information content (AvgIpc) is 2.32. The van der Waals surface area contributed by atoms with Gasteiger partial charge in [-0.1, -0.05) is 11.6 Å². The molecule has 0 bridgehead atoms. The van der Waals surface area contributed by atoms with Crippen LogP contribution in [0.25, 0.3) is 0 Å². The van der Waals surface area contributed by atoms with Gasteiger partial charge >= 0.3 is 0 Å². The normalized spacial score (nSPS) is 11.8. The van der Waals surface area contributed by atoms with Crippen LogP contribution in [0.15, 0.2) is 18.2 Å². The average molecular weight is 299 g/mol. The Balaban J connectivity index is 2.53. The first-order chi connectivity index (χ1) is 9.29. The summed E-state index contributed by atoms with van der Waals surface area (Å²) in [6, 6.07) is 5.30. The fraction of sp³-hybridized carbons (Fsp3) is 0.429. The molecule has 0 fully saturated rings. The lowest BCUT2D eigenvalue weighted by molar-refractivity contribution is -0.862. The van der Waals surface area contributed by atoms with Gasteiger partial charge in [-0.25, -0.2) is 0 Å². The Bertz CT molecular complexity index is 503. The van der Waals surface area contributed by atoms with Crippen LogP contribution in [-0.4, -0.2) is 50.9 Å². The lowest BCUT2D eigenvalue weighted by Gasteiger charge is -2.16. The van der Waals surface area contributed by atoms with Gasteiger partial charge in [-0.15, -0.1) is 0 Å². The predicted octanol–water partition coefficient (Wildman–Crippen LogP) is 0.190. The van der Waals surface area contributed by atoms with Crippen LogP contribution in [0.4, 0.5) is 5.69 Å². The van der Waals surface area contributed by atoms with Gasteiger partial charge in [0.15, 0.2) is 13.1 Å². The number of quaternary nitrogens is 1. The predicted molar refractivity (Wildman–Crippen MR) is 80.1 cm³/mol. The molecule has 1 rings (SSSR count). The second-order valence-corrected chi connectivity index (χ2v) is 5.54. The Morgan fingerprint density at radius 2 is 1.95 bits per heavy atom. The van der Waals surface area contributed by atoms with Gasteiger partial charge in [-0.05, 0) is 30.7 Å². The Morgan fingerprint density at radius 3 is 2.50 bits per heavy atom. The van der Waals surface area contributed by atoms with Crippen molar-refractivity contribution in [1.82, 2.24) is 4.90 Å². The molecule has 1 unspecified atom stereocenters. The van der Waals surface area contributed by atoms with Gasteiger partial charge in [0.2, 0.25) is 0 Å². The number of anilines is 1. The Hall–Kier alpha value is -1.59. The zero-order chi connectivity index (χ0) is 15.3. The summed E-state index contributed by atoms with van der Waals surface area (Å²) in [5, 5.41) is 3.47. The molecule has 1 atom stereocenters. The van der Waals surface area contributed by atoms with Crippen LogP contribution in [0.5, 0.6) is 0 Å². The molecule has 0 spiro atoms. The number of hydrogen-bond donors (Lipinski definition) is 2.